The van der Waals surface area contributed by atoms with Gasteiger partial charge in [0.05, 0.1) is 28.7 Å². The molecule has 0 spiro atoms. The molecule has 0 saturated carbocycles. The average molecular weight is 1090 g/mol. The van der Waals surface area contributed by atoms with Crippen molar-refractivity contribution in [1.82, 2.24) is 0 Å². The molecule has 8 nitrogen and oxygen atoms in total. The molecule has 12 rings (SSSR count). The number of hydrogen-bond acceptors (Lipinski definition) is 5. The van der Waals surface area contributed by atoms with E-state index < -0.39 is 35.5 Å². The zero-order valence-corrected chi connectivity index (χ0v) is 45.9. The predicted octanol–water partition coefficient (Wildman–Crippen LogP) is 12.0. The van der Waals surface area contributed by atoms with Gasteiger partial charge < -0.3 is 25.2 Å². The minimum atomic E-state index is -1.47. The van der Waals surface area contributed by atoms with E-state index in [0.717, 1.165) is 33.4 Å². The zero-order chi connectivity index (χ0) is 58.7. The van der Waals surface area contributed by atoms with Crippen LogP contribution in [0.1, 0.15) is 148 Å². The summed E-state index contributed by atoms with van der Waals surface area (Å²) >= 11 is 0. The molecule has 2 bridgehead atoms. The molecule has 0 aliphatic heterocycles. The fourth-order valence-electron chi connectivity index (χ4n) is 10.6. The lowest BCUT2D eigenvalue weighted by atomic mass is 9.50. The van der Waals surface area contributed by atoms with Crippen LogP contribution in [0.2, 0.25) is 0 Å². The van der Waals surface area contributed by atoms with Crippen LogP contribution in [0.5, 0.6) is 0 Å². The molecular formula is C76H48O8. The summed E-state index contributed by atoms with van der Waals surface area (Å²) in [5.41, 5.74) is 12.1. The molecule has 0 amide bonds. The normalized spacial score (nSPS) is 14.4. The molecule has 3 aliphatic carbocycles. The fraction of sp³-hybridized carbons (Fsp3) is 0.0921. The number of hydrogen-bond donors (Lipinski definition) is 4. The van der Waals surface area contributed by atoms with Crippen molar-refractivity contribution in [2.45, 2.75) is 31.8 Å². The summed E-state index contributed by atoms with van der Waals surface area (Å²) in [7, 11) is 1.64. The molecule has 84 heavy (non-hydrogen) atoms. The number of aliphatic hydroxyl groups excluding tert-OH is 1. The Hall–Kier alpha value is -11.3. The van der Waals surface area contributed by atoms with Crippen LogP contribution >= 0.6 is 0 Å². The first-order valence-corrected chi connectivity index (χ1v) is 26.7. The van der Waals surface area contributed by atoms with Crippen LogP contribution in [0.15, 0.2) is 182 Å². The van der Waals surface area contributed by atoms with E-state index in [1.807, 2.05) is 130 Å². The Bertz CT molecular complexity index is 4610. The third-order valence-electron chi connectivity index (χ3n) is 15.1. The Kier molecular flexibility index (Phi) is 14.7. The molecular weight excluding hydrogens is 1040 g/mol. The summed E-state index contributed by atoms with van der Waals surface area (Å²) in [6, 6.07) is 54.5. The van der Waals surface area contributed by atoms with Crippen molar-refractivity contribution in [1.29, 1.82) is 0 Å². The Morgan fingerprint density at radius 1 is 0.333 bits per heavy atom. The maximum Gasteiger partial charge on any atom is 0.335 e. The summed E-state index contributed by atoms with van der Waals surface area (Å²) in [6.07, 6.45) is 0. The average Bonchev–Trinajstić information content (AvgIpc) is 0.663. The van der Waals surface area contributed by atoms with Crippen LogP contribution in [0.3, 0.4) is 0 Å². The predicted molar refractivity (Wildman–Crippen MR) is 323 cm³/mol. The lowest BCUT2D eigenvalue weighted by Gasteiger charge is -2.55. The Balaban J connectivity index is 1.23. The number of carbonyl (C=O) groups is 3. The van der Waals surface area contributed by atoms with Gasteiger partial charge in [0, 0.05) is 73.9 Å². The highest BCUT2D eigenvalue weighted by molar-refractivity contribution is 5.89. The van der Waals surface area contributed by atoms with Crippen molar-refractivity contribution < 1.29 is 39.5 Å². The molecule has 0 fully saturated rings. The highest BCUT2D eigenvalue weighted by Gasteiger charge is 2.60. The van der Waals surface area contributed by atoms with Crippen LogP contribution in [0.25, 0.3) is 0 Å². The molecule has 0 radical (unpaired) electrons. The van der Waals surface area contributed by atoms with E-state index in [2.05, 4.69) is 71.0 Å². The Labute approximate surface area is 487 Å². The SMILES string of the molecule is COC12c3cc(C#Cc4ccc(C)cc4)c(C#Cc4ccc(C)cc4)cc3C(CO)(c3cc(C#Cc4ccc(C)cc4)c(C#Cc4ccc(C(=O)O)cc4)cc31)c1cc(C#Cc3ccc(C(=O)O)cc3)c(C#Cc3ccc(C(=O)O)cc3)cc12. The number of aryl methyl sites for hydroxylation is 3. The molecule has 400 valence electrons. The molecule has 0 heterocycles. The standard InChI is InChI=1S/C76H48O8/c1-48-5-11-51(12-6-48)23-35-60-41-66-69(44-63(60)38-25-53-15-9-50(3)10-16-53)76(84-4)70-45-64(39-27-55-19-31-58(32-20-55)73(80)81)61(36-24-52-13-7-49(2)8-14-52)42-67(70)75(66,47-77)68-43-62(37-26-54-17-29-57(30-18-54)72(78)79)65(46-71(68)76)40-28-56-21-33-59(34-22-56)74(82)83/h5-22,29-34,41-46,77H,47H2,1-4H3,(H,78,79)(H,80,81)(H,82,83). The van der Waals surface area contributed by atoms with Crippen molar-refractivity contribution in [3.8, 4) is 71.0 Å². The van der Waals surface area contributed by atoms with Gasteiger partial charge in [0.1, 0.15) is 5.60 Å². The number of benzene rings is 9. The lowest BCUT2D eigenvalue weighted by Crippen LogP contribution is -2.53. The van der Waals surface area contributed by atoms with Gasteiger partial charge in [0.25, 0.3) is 0 Å². The second kappa shape index (κ2) is 22.7. The van der Waals surface area contributed by atoms with Crippen LogP contribution in [-0.4, -0.2) is 52.1 Å². The lowest BCUT2D eigenvalue weighted by molar-refractivity contribution is 0.0411. The van der Waals surface area contributed by atoms with E-state index in [9.17, 15) is 34.8 Å². The number of aromatic carboxylic acids is 3. The summed E-state index contributed by atoms with van der Waals surface area (Å²) in [6.45, 7) is 5.59. The third-order valence-corrected chi connectivity index (χ3v) is 15.1. The van der Waals surface area contributed by atoms with E-state index in [1.165, 1.54) is 36.4 Å². The van der Waals surface area contributed by atoms with Gasteiger partial charge in [-0.2, -0.15) is 0 Å². The van der Waals surface area contributed by atoms with Gasteiger partial charge in [-0.25, -0.2) is 14.4 Å². The quantitative estimate of drug-likeness (QED) is 0.125. The van der Waals surface area contributed by atoms with Gasteiger partial charge >= 0.3 is 17.9 Å². The Morgan fingerprint density at radius 3 is 0.726 bits per heavy atom. The van der Waals surface area contributed by atoms with E-state index in [1.54, 1.807) is 43.5 Å². The van der Waals surface area contributed by atoms with Crippen LogP contribution in [0, 0.1) is 91.8 Å². The molecule has 0 aromatic heterocycles. The van der Waals surface area contributed by atoms with Crippen molar-refractivity contribution in [3.05, 3.63) is 316 Å². The Morgan fingerprint density at radius 2 is 0.536 bits per heavy atom. The molecule has 0 saturated heterocycles. The first-order chi connectivity index (χ1) is 40.6. The first kappa shape index (κ1) is 54.6. The molecule has 4 N–H and O–H groups in total. The van der Waals surface area contributed by atoms with E-state index >= 15 is 0 Å². The van der Waals surface area contributed by atoms with E-state index in [0.29, 0.717) is 83.5 Å². The topological polar surface area (TPSA) is 141 Å². The monoisotopic (exact) mass is 1090 g/mol. The first-order valence-electron chi connectivity index (χ1n) is 26.7. The van der Waals surface area contributed by atoms with Gasteiger partial charge in [-0.15, -0.1) is 0 Å². The summed E-state index contributed by atoms with van der Waals surface area (Å²) in [4.78, 5) is 35.5. The van der Waals surface area contributed by atoms with Crippen molar-refractivity contribution in [2.75, 3.05) is 13.7 Å². The van der Waals surface area contributed by atoms with Gasteiger partial charge in [-0.3, -0.25) is 0 Å². The highest BCUT2D eigenvalue weighted by Crippen LogP contribution is 2.63. The van der Waals surface area contributed by atoms with E-state index in [-0.39, 0.29) is 16.7 Å². The molecule has 3 aliphatic rings. The number of ether oxygens (including phenoxy) is 1. The van der Waals surface area contributed by atoms with Crippen LogP contribution < -0.4 is 0 Å². The number of aliphatic hydroxyl groups is 1. The highest BCUT2D eigenvalue weighted by atomic mass is 16.5. The van der Waals surface area contributed by atoms with Crippen molar-refractivity contribution in [3.63, 3.8) is 0 Å². The fourth-order valence-corrected chi connectivity index (χ4v) is 10.6. The summed E-state index contributed by atoms with van der Waals surface area (Å²) in [5.74, 6) is 37.2. The van der Waals surface area contributed by atoms with Gasteiger partial charge in [-0.05, 0) is 200 Å². The maximum absolute atomic E-state index is 12.7. The molecule has 8 heteroatoms. The molecule has 9 aromatic rings. The van der Waals surface area contributed by atoms with E-state index in [4.69, 9.17) is 4.74 Å². The molecule has 9 aromatic carbocycles. The van der Waals surface area contributed by atoms with Crippen molar-refractivity contribution >= 4 is 17.9 Å². The van der Waals surface area contributed by atoms with Gasteiger partial charge in [0.15, 0.2) is 0 Å². The summed E-state index contributed by atoms with van der Waals surface area (Å²) < 4.78 is 7.14. The number of carboxylic acid groups (broad SMARTS) is 3. The minimum absolute atomic E-state index is 0.108. The van der Waals surface area contributed by atoms with Crippen LogP contribution in [0.4, 0.5) is 0 Å². The van der Waals surface area contributed by atoms with Gasteiger partial charge in [-0.1, -0.05) is 124 Å². The maximum atomic E-state index is 12.7. The second-order valence-corrected chi connectivity index (χ2v) is 20.5. The zero-order valence-electron chi connectivity index (χ0n) is 45.9. The summed E-state index contributed by atoms with van der Waals surface area (Å²) in [5, 5.41) is 41.8. The largest absolute Gasteiger partial charge is 0.478 e. The second-order valence-electron chi connectivity index (χ2n) is 20.5. The third kappa shape index (κ3) is 10.5. The van der Waals surface area contributed by atoms with Gasteiger partial charge in [0.2, 0.25) is 0 Å². The van der Waals surface area contributed by atoms with Crippen LogP contribution in [-0.2, 0) is 15.8 Å². The molecule has 2 unspecified atom stereocenters. The smallest absolute Gasteiger partial charge is 0.335 e. The number of methoxy groups -OCH3 is 1. The minimum Gasteiger partial charge on any atom is -0.478 e. The number of rotatable bonds is 5. The number of carboxylic acids is 3. The molecule has 2 atom stereocenters. The van der Waals surface area contributed by atoms with Crippen molar-refractivity contribution in [2.24, 2.45) is 0 Å².